The summed E-state index contributed by atoms with van der Waals surface area (Å²) in [6.07, 6.45) is -2.50. The highest BCUT2D eigenvalue weighted by Crippen LogP contribution is 2.18. The molecule has 0 aromatic carbocycles. The van der Waals surface area contributed by atoms with Crippen molar-refractivity contribution in [1.29, 1.82) is 0 Å². The van der Waals surface area contributed by atoms with Crippen molar-refractivity contribution in [3.8, 4) is 0 Å². The Morgan fingerprint density at radius 2 is 1.41 bits per heavy atom. The van der Waals surface area contributed by atoms with Crippen molar-refractivity contribution in [2.24, 2.45) is 0 Å². The minimum atomic E-state index is -4.80. The minimum Gasteiger partial charge on any atom is -0.419 e. The molecule has 0 rings (SSSR count). The van der Waals surface area contributed by atoms with E-state index in [4.69, 9.17) is 0 Å². The van der Waals surface area contributed by atoms with Gasteiger partial charge < -0.3 is 4.74 Å². The van der Waals surface area contributed by atoms with Gasteiger partial charge >= 0.3 is 24.6 Å². The lowest BCUT2D eigenvalue weighted by molar-refractivity contribution is -0.864. The van der Waals surface area contributed by atoms with Gasteiger partial charge in [-0.05, 0) is 0 Å². The molecule has 0 aliphatic heterocycles. The number of halogens is 2. The first-order valence-corrected chi connectivity index (χ1v) is 4.64. The van der Waals surface area contributed by atoms with Gasteiger partial charge in [-0.1, -0.05) is 0 Å². The fourth-order valence-electron chi connectivity index (χ4n) is 0.819. The molecule has 0 saturated carbocycles. The maximum atomic E-state index is 12.5. The first kappa shape index (κ1) is 18.7. The molecule has 0 aromatic rings. The van der Waals surface area contributed by atoms with Gasteiger partial charge in [0.25, 0.3) is 0 Å². The van der Waals surface area contributed by atoms with Crippen LogP contribution in [0.1, 0.15) is 0 Å². The molecule has 0 unspecified atom stereocenters. The highest BCUT2D eigenvalue weighted by molar-refractivity contribution is 5.60. The van der Waals surface area contributed by atoms with E-state index in [1.807, 2.05) is 0 Å². The molecule has 15 nitrogen and oxygen atoms in total. The van der Waals surface area contributed by atoms with E-state index in [0.717, 1.165) is 0 Å². The van der Waals surface area contributed by atoms with E-state index < -0.39 is 50.9 Å². The lowest BCUT2D eigenvalue weighted by Gasteiger charge is -2.13. The summed E-state index contributed by atoms with van der Waals surface area (Å²) in [4.78, 5) is 44.2. The number of rotatable bonds is 8. The van der Waals surface area contributed by atoms with Gasteiger partial charge in [0.2, 0.25) is 6.61 Å². The second kappa shape index (κ2) is 6.45. The minimum absolute atomic E-state index is 1.58. The van der Waals surface area contributed by atoms with Crippen molar-refractivity contribution in [2.75, 3.05) is 13.2 Å². The topological polar surface area (TPSA) is 208 Å². The van der Waals surface area contributed by atoms with Gasteiger partial charge in [0.15, 0.2) is 0 Å². The molecule has 0 saturated heterocycles. The van der Waals surface area contributed by atoms with Gasteiger partial charge in [0, 0.05) is 4.92 Å². The summed E-state index contributed by atoms with van der Waals surface area (Å²) in [5.74, 6) is -4.13. The summed E-state index contributed by atoms with van der Waals surface area (Å²) in [5, 5.41) is 41.0. The average Bonchev–Trinajstić information content (AvgIpc) is 2.34. The van der Waals surface area contributed by atoms with Gasteiger partial charge in [-0.25, -0.2) is 4.79 Å². The van der Waals surface area contributed by atoms with E-state index in [1.165, 1.54) is 0 Å². The Balaban J connectivity index is 5.13. The molecule has 0 N–H and O–H groups in total. The Bertz CT molecular complexity index is 507. The van der Waals surface area contributed by atoms with Crippen LogP contribution in [0.25, 0.3) is 0 Å². The molecular formula is C5H4F2N4O11. The normalized spacial score (nSPS) is 11.4. The molecule has 17 heteroatoms. The summed E-state index contributed by atoms with van der Waals surface area (Å²) in [6, 6.07) is -4.80. The first-order chi connectivity index (χ1) is 9.85. The monoisotopic (exact) mass is 334 g/mol. The summed E-state index contributed by atoms with van der Waals surface area (Å²) in [5.41, 5.74) is 0. The predicted molar refractivity (Wildman–Crippen MR) is 53.0 cm³/mol. The molecule has 0 aliphatic carbocycles. The summed E-state index contributed by atoms with van der Waals surface area (Å²) in [6.45, 7) is -4.41. The van der Waals surface area contributed by atoms with E-state index in [0.29, 0.717) is 0 Å². The van der Waals surface area contributed by atoms with Crippen molar-refractivity contribution in [3.05, 3.63) is 40.5 Å². The van der Waals surface area contributed by atoms with Crippen LogP contribution in [0, 0.1) is 40.5 Å². The Morgan fingerprint density at radius 1 is 0.955 bits per heavy atom. The van der Waals surface area contributed by atoms with Gasteiger partial charge in [-0.2, -0.15) is 0 Å². The molecule has 0 spiro atoms. The van der Waals surface area contributed by atoms with E-state index in [2.05, 4.69) is 9.47 Å². The second-order valence-corrected chi connectivity index (χ2v) is 3.31. The number of nitrogens with zero attached hydrogens (tertiary/aromatic N) is 4. The molecule has 22 heavy (non-hydrogen) atoms. The quantitative estimate of drug-likeness (QED) is 0.181. The highest BCUT2D eigenvalue weighted by Gasteiger charge is 2.68. The molecule has 0 fully saturated rings. The van der Waals surface area contributed by atoms with E-state index in [1.54, 1.807) is 0 Å². The summed E-state index contributed by atoms with van der Waals surface area (Å²) < 4.78 is 31.8. The van der Waals surface area contributed by atoms with Crippen molar-refractivity contribution in [3.63, 3.8) is 0 Å². The predicted octanol–water partition coefficient (Wildman–Crippen LogP) is -0.507. The van der Waals surface area contributed by atoms with Gasteiger partial charge in [0.1, 0.15) is 9.85 Å². The third kappa shape index (κ3) is 4.38. The zero-order valence-corrected chi connectivity index (χ0v) is 9.95. The lowest BCUT2D eigenvalue weighted by Crippen LogP contribution is -2.55. The largest absolute Gasteiger partial charge is 0.690 e. The third-order valence-electron chi connectivity index (χ3n) is 1.78. The molecule has 0 amide bonds. The number of nitro groups is 4. The fraction of sp³-hybridized carbons (Fsp3) is 0.800. The molecule has 0 radical (unpaired) electrons. The van der Waals surface area contributed by atoms with Crippen molar-refractivity contribution >= 4 is 6.16 Å². The van der Waals surface area contributed by atoms with Crippen LogP contribution in [0.3, 0.4) is 0 Å². The van der Waals surface area contributed by atoms with Crippen molar-refractivity contribution in [1.82, 2.24) is 0 Å². The number of hydrogen-bond acceptors (Lipinski definition) is 11. The van der Waals surface area contributed by atoms with Crippen LogP contribution in [0.5, 0.6) is 0 Å². The Labute approximate surface area is 116 Å². The maximum absolute atomic E-state index is 12.5. The van der Waals surface area contributed by atoms with Crippen LogP contribution in [-0.2, 0) is 9.47 Å². The number of carbonyl (C=O) groups is 1. The van der Waals surface area contributed by atoms with Gasteiger partial charge in [-0.3, -0.25) is 45.2 Å². The Kier molecular flexibility index (Phi) is 5.49. The molecule has 0 bridgehead atoms. The SMILES string of the molecule is O=C(OCC(F)(F)[N+](=O)[O-])OC(C[N+](=O)[O-])([N+](=O)[O-])[N+](=O)[O-]. The van der Waals surface area contributed by atoms with Crippen molar-refractivity contribution in [2.45, 2.75) is 11.9 Å². The van der Waals surface area contributed by atoms with Crippen LogP contribution >= 0.6 is 0 Å². The smallest absolute Gasteiger partial charge is 0.419 e. The maximum Gasteiger partial charge on any atom is 0.690 e. The number of hydrogen-bond donors (Lipinski definition) is 0. The summed E-state index contributed by atoms with van der Waals surface area (Å²) in [7, 11) is 0. The Hall–Kier alpha value is -3.27. The standard InChI is InChI=1S/C5H4F2N4O11/c6-4(7,9(15)16)2-21-3(12)22-5(10(17)18,11(19)20)1-8(13)14/h1-2H2. The van der Waals surface area contributed by atoms with E-state index in [9.17, 15) is 54.0 Å². The molecule has 0 aromatic heterocycles. The average molecular weight is 334 g/mol. The van der Waals surface area contributed by atoms with Crippen LogP contribution in [0.15, 0.2) is 0 Å². The first-order valence-electron chi connectivity index (χ1n) is 4.64. The number of alkyl halides is 2. The molecular weight excluding hydrogens is 330 g/mol. The van der Waals surface area contributed by atoms with Crippen LogP contribution in [0.4, 0.5) is 13.6 Å². The Morgan fingerprint density at radius 3 is 1.73 bits per heavy atom. The van der Waals surface area contributed by atoms with Gasteiger partial charge in [0.05, 0.1) is 4.92 Å². The van der Waals surface area contributed by atoms with E-state index >= 15 is 0 Å². The molecule has 0 heterocycles. The zero-order valence-electron chi connectivity index (χ0n) is 9.95. The summed E-state index contributed by atoms with van der Waals surface area (Å²) >= 11 is 0. The molecule has 124 valence electrons. The van der Waals surface area contributed by atoms with Crippen LogP contribution in [0.2, 0.25) is 0 Å². The third-order valence-corrected chi connectivity index (χ3v) is 1.78. The zero-order chi connectivity index (χ0) is 17.7. The number of carbonyl (C=O) groups excluding carboxylic acids is 1. The van der Waals surface area contributed by atoms with Crippen LogP contribution < -0.4 is 0 Å². The van der Waals surface area contributed by atoms with Crippen LogP contribution in [-0.4, -0.2) is 50.9 Å². The highest BCUT2D eigenvalue weighted by atomic mass is 19.3. The molecule has 0 aliphatic rings. The van der Waals surface area contributed by atoms with Gasteiger partial charge in [-0.15, -0.1) is 8.78 Å². The van der Waals surface area contributed by atoms with Crippen molar-refractivity contribution < 1.29 is 42.7 Å². The second-order valence-electron chi connectivity index (χ2n) is 3.31. The van der Waals surface area contributed by atoms with E-state index in [-0.39, 0.29) is 0 Å². The lowest BCUT2D eigenvalue weighted by atomic mass is 10.4. The fourth-order valence-corrected chi connectivity index (χ4v) is 0.819. The number of ether oxygens (including phenoxy) is 2. The molecule has 0 atom stereocenters.